The molecule has 1 aromatic rings. The van der Waals surface area contributed by atoms with Gasteiger partial charge >= 0.3 is 5.97 Å². The summed E-state index contributed by atoms with van der Waals surface area (Å²) in [5.74, 6) is -0.683. The van der Waals surface area contributed by atoms with Crippen molar-refractivity contribution in [2.45, 2.75) is 26.2 Å². The quantitative estimate of drug-likeness (QED) is 0.783. The fourth-order valence-corrected chi connectivity index (χ4v) is 1.09. The minimum absolute atomic E-state index is 0.115. The van der Waals surface area contributed by atoms with Gasteiger partial charge in [-0.15, -0.1) is 0 Å². The Morgan fingerprint density at radius 3 is 2.71 bits per heavy atom. The summed E-state index contributed by atoms with van der Waals surface area (Å²) < 4.78 is 24.5. The summed E-state index contributed by atoms with van der Waals surface area (Å²) >= 11 is 0. The van der Waals surface area contributed by atoms with Crippen LogP contribution in [0.4, 0.5) is 8.78 Å². The van der Waals surface area contributed by atoms with Crippen LogP contribution in [0.25, 0.3) is 0 Å². The van der Waals surface area contributed by atoms with Gasteiger partial charge in [0, 0.05) is 12.1 Å². The van der Waals surface area contributed by atoms with Crippen LogP contribution in [0.2, 0.25) is 0 Å². The SMILES string of the molecule is Cc1[nH]c(CCC(=O)O)nc1C(F)F. The zero-order chi connectivity index (χ0) is 10.7. The van der Waals surface area contributed by atoms with Gasteiger partial charge in [0.2, 0.25) is 0 Å². The lowest BCUT2D eigenvalue weighted by Gasteiger charge is -1.92. The highest BCUT2D eigenvalue weighted by atomic mass is 19.3. The Labute approximate surface area is 79.0 Å². The molecule has 0 amide bonds. The molecule has 0 aliphatic heterocycles. The molecule has 0 atom stereocenters. The lowest BCUT2D eigenvalue weighted by atomic mass is 10.3. The molecule has 4 nitrogen and oxygen atoms in total. The maximum absolute atomic E-state index is 12.2. The molecule has 0 aliphatic carbocycles. The molecule has 1 heterocycles. The number of nitrogens with one attached hydrogen (secondary N) is 1. The van der Waals surface area contributed by atoms with E-state index in [0.29, 0.717) is 11.5 Å². The predicted octanol–water partition coefficient (Wildman–Crippen LogP) is 1.67. The summed E-state index contributed by atoms with van der Waals surface area (Å²) in [6, 6.07) is 0. The minimum atomic E-state index is -2.62. The van der Waals surface area contributed by atoms with Gasteiger partial charge in [-0.25, -0.2) is 13.8 Å². The third-order valence-electron chi connectivity index (χ3n) is 1.75. The molecule has 0 spiro atoms. The first-order valence-corrected chi connectivity index (χ1v) is 4.06. The third kappa shape index (κ3) is 2.51. The van der Waals surface area contributed by atoms with E-state index in [1.807, 2.05) is 0 Å². The maximum Gasteiger partial charge on any atom is 0.303 e. The molecule has 78 valence electrons. The van der Waals surface area contributed by atoms with Crippen LogP contribution in [0.15, 0.2) is 0 Å². The van der Waals surface area contributed by atoms with Gasteiger partial charge in [0.05, 0.1) is 6.42 Å². The molecule has 0 aromatic carbocycles. The molecular formula is C8H10F2N2O2. The Bertz CT molecular complexity index is 336. The standard InChI is InChI=1S/C8H10F2N2O2/c1-4-7(8(9)10)12-5(11-4)2-3-6(13)14/h8H,2-3H2,1H3,(H,11,12)(H,13,14). The van der Waals surface area contributed by atoms with Crippen LogP contribution in [0, 0.1) is 6.92 Å². The Morgan fingerprint density at radius 2 is 2.29 bits per heavy atom. The van der Waals surface area contributed by atoms with Gasteiger partial charge in [0.1, 0.15) is 11.5 Å². The molecule has 1 aromatic heterocycles. The normalized spacial score (nSPS) is 10.9. The van der Waals surface area contributed by atoms with Crippen LogP contribution in [-0.4, -0.2) is 21.0 Å². The Morgan fingerprint density at radius 1 is 1.64 bits per heavy atom. The summed E-state index contributed by atoms with van der Waals surface area (Å²) in [6.07, 6.45) is -2.59. The number of aryl methyl sites for hydroxylation is 2. The predicted molar refractivity (Wildman–Crippen MR) is 44.2 cm³/mol. The molecule has 0 radical (unpaired) electrons. The van der Waals surface area contributed by atoms with Crippen LogP contribution in [0.1, 0.15) is 30.1 Å². The smallest absolute Gasteiger partial charge is 0.303 e. The molecule has 0 bridgehead atoms. The van der Waals surface area contributed by atoms with Gasteiger partial charge in [-0.05, 0) is 6.92 Å². The molecule has 0 saturated heterocycles. The second-order valence-corrected chi connectivity index (χ2v) is 2.89. The zero-order valence-electron chi connectivity index (χ0n) is 7.55. The topological polar surface area (TPSA) is 66.0 Å². The number of hydrogen-bond acceptors (Lipinski definition) is 2. The van der Waals surface area contributed by atoms with E-state index in [2.05, 4.69) is 9.97 Å². The molecule has 6 heteroatoms. The summed E-state index contributed by atoms with van der Waals surface area (Å²) in [5.41, 5.74) is -0.00854. The van der Waals surface area contributed by atoms with Crippen molar-refractivity contribution < 1.29 is 18.7 Å². The number of carbonyl (C=O) groups is 1. The molecule has 1 rings (SSSR count). The van der Waals surface area contributed by atoms with Gasteiger partial charge in [0.15, 0.2) is 0 Å². The van der Waals surface area contributed by atoms with E-state index in [4.69, 9.17) is 5.11 Å². The fraction of sp³-hybridized carbons (Fsp3) is 0.500. The van der Waals surface area contributed by atoms with Gasteiger partial charge in [-0.1, -0.05) is 0 Å². The van der Waals surface area contributed by atoms with Crippen molar-refractivity contribution in [3.05, 3.63) is 17.2 Å². The average Bonchev–Trinajstić information content (AvgIpc) is 2.43. The summed E-state index contributed by atoms with van der Waals surface area (Å²) in [5, 5.41) is 8.37. The Kier molecular flexibility index (Phi) is 3.16. The number of carboxylic acids is 1. The minimum Gasteiger partial charge on any atom is -0.481 e. The molecule has 0 aliphatic rings. The Hall–Kier alpha value is -1.46. The van der Waals surface area contributed by atoms with Crippen molar-refractivity contribution in [1.29, 1.82) is 0 Å². The van der Waals surface area contributed by atoms with Crippen LogP contribution >= 0.6 is 0 Å². The highest BCUT2D eigenvalue weighted by Crippen LogP contribution is 2.20. The van der Waals surface area contributed by atoms with Crippen LogP contribution in [-0.2, 0) is 11.2 Å². The number of aromatic nitrogens is 2. The number of hydrogen-bond donors (Lipinski definition) is 2. The number of aromatic amines is 1. The van der Waals surface area contributed by atoms with Gasteiger partial charge in [-0.2, -0.15) is 0 Å². The second-order valence-electron chi connectivity index (χ2n) is 2.89. The maximum atomic E-state index is 12.2. The van der Waals surface area contributed by atoms with Crippen molar-refractivity contribution >= 4 is 5.97 Å². The number of aliphatic carboxylic acids is 1. The number of nitrogens with zero attached hydrogens (tertiary/aromatic N) is 1. The molecule has 0 saturated carbocycles. The van der Waals surface area contributed by atoms with Crippen LogP contribution < -0.4 is 0 Å². The van der Waals surface area contributed by atoms with Crippen LogP contribution in [0.5, 0.6) is 0 Å². The first-order valence-electron chi connectivity index (χ1n) is 4.06. The van der Waals surface area contributed by atoms with Crippen molar-refractivity contribution in [1.82, 2.24) is 9.97 Å². The summed E-state index contributed by atoms with van der Waals surface area (Å²) in [4.78, 5) is 16.4. The van der Waals surface area contributed by atoms with E-state index >= 15 is 0 Å². The van der Waals surface area contributed by atoms with E-state index < -0.39 is 12.4 Å². The highest BCUT2D eigenvalue weighted by molar-refractivity contribution is 5.66. The Balaban J connectivity index is 2.71. The summed E-state index contributed by atoms with van der Waals surface area (Å²) in [7, 11) is 0. The van der Waals surface area contributed by atoms with Crippen molar-refractivity contribution in [3.63, 3.8) is 0 Å². The van der Waals surface area contributed by atoms with E-state index in [1.165, 1.54) is 6.92 Å². The van der Waals surface area contributed by atoms with Gasteiger partial charge in [-0.3, -0.25) is 4.79 Å². The fourth-order valence-electron chi connectivity index (χ4n) is 1.09. The molecule has 0 unspecified atom stereocenters. The van der Waals surface area contributed by atoms with E-state index in [9.17, 15) is 13.6 Å². The lowest BCUT2D eigenvalue weighted by Crippen LogP contribution is -1.98. The van der Waals surface area contributed by atoms with E-state index in [-0.39, 0.29) is 18.5 Å². The second kappa shape index (κ2) is 4.17. The number of carboxylic acid groups (broad SMARTS) is 1. The molecule has 0 fully saturated rings. The van der Waals surface area contributed by atoms with Crippen LogP contribution in [0.3, 0.4) is 0 Å². The number of halogens is 2. The monoisotopic (exact) mass is 204 g/mol. The van der Waals surface area contributed by atoms with Crippen molar-refractivity contribution in [3.8, 4) is 0 Å². The van der Waals surface area contributed by atoms with Crippen molar-refractivity contribution in [2.24, 2.45) is 0 Å². The third-order valence-corrected chi connectivity index (χ3v) is 1.75. The number of imidazole rings is 1. The van der Waals surface area contributed by atoms with Gasteiger partial charge < -0.3 is 10.1 Å². The first-order chi connectivity index (χ1) is 6.50. The van der Waals surface area contributed by atoms with Crippen molar-refractivity contribution in [2.75, 3.05) is 0 Å². The average molecular weight is 204 g/mol. The molecular weight excluding hydrogens is 194 g/mol. The zero-order valence-corrected chi connectivity index (χ0v) is 7.55. The van der Waals surface area contributed by atoms with Gasteiger partial charge in [0.25, 0.3) is 6.43 Å². The molecule has 14 heavy (non-hydrogen) atoms. The number of rotatable bonds is 4. The lowest BCUT2D eigenvalue weighted by molar-refractivity contribution is -0.137. The largest absolute Gasteiger partial charge is 0.481 e. The first kappa shape index (κ1) is 10.6. The molecule has 2 N–H and O–H groups in total. The van der Waals surface area contributed by atoms with E-state index in [1.54, 1.807) is 0 Å². The highest BCUT2D eigenvalue weighted by Gasteiger charge is 2.16. The number of alkyl halides is 2. The van der Waals surface area contributed by atoms with E-state index in [0.717, 1.165) is 0 Å². The summed E-state index contributed by atoms with van der Waals surface area (Å²) in [6.45, 7) is 1.48. The number of H-pyrrole nitrogens is 1.